The van der Waals surface area contributed by atoms with Gasteiger partial charge in [0.1, 0.15) is 4.34 Å². The van der Waals surface area contributed by atoms with Crippen LogP contribution in [0.3, 0.4) is 0 Å². The third-order valence-electron chi connectivity index (χ3n) is 4.22. The van der Waals surface area contributed by atoms with Gasteiger partial charge in [-0.25, -0.2) is 4.98 Å². The Kier molecular flexibility index (Phi) is 9.20. The molecule has 3 heterocycles. The van der Waals surface area contributed by atoms with E-state index in [0.717, 1.165) is 55.1 Å². The molecular formula is C17H27IN6S2. The van der Waals surface area contributed by atoms with Gasteiger partial charge in [0.2, 0.25) is 0 Å². The first-order valence-electron chi connectivity index (χ1n) is 8.80. The second-order valence-electron chi connectivity index (χ2n) is 6.11. The zero-order valence-corrected chi connectivity index (χ0v) is 19.3. The van der Waals surface area contributed by atoms with Crippen LogP contribution in [0.5, 0.6) is 0 Å². The minimum Gasteiger partial charge on any atom is -0.357 e. The maximum Gasteiger partial charge on any atom is 0.193 e. The molecule has 1 fully saturated rings. The first kappa shape index (κ1) is 21.5. The molecule has 2 aromatic rings. The lowest BCUT2D eigenvalue weighted by Crippen LogP contribution is -2.40. The van der Waals surface area contributed by atoms with Crippen LogP contribution in [-0.4, -0.2) is 57.6 Å². The van der Waals surface area contributed by atoms with Crippen molar-refractivity contribution >= 4 is 53.0 Å². The summed E-state index contributed by atoms with van der Waals surface area (Å²) in [4.78, 5) is 11.5. The van der Waals surface area contributed by atoms with Crippen LogP contribution < -0.4 is 5.32 Å². The van der Waals surface area contributed by atoms with Crippen LogP contribution in [0.15, 0.2) is 33.3 Å². The summed E-state index contributed by atoms with van der Waals surface area (Å²) in [5.41, 5.74) is 1.33. The molecule has 9 heteroatoms. The van der Waals surface area contributed by atoms with Gasteiger partial charge < -0.3 is 10.2 Å². The molecule has 0 aliphatic carbocycles. The maximum atomic E-state index is 4.83. The fourth-order valence-corrected chi connectivity index (χ4v) is 4.62. The summed E-state index contributed by atoms with van der Waals surface area (Å²) in [6, 6.07) is 0. The number of aromatic nitrogens is 3. The van der Waals surface area contributed by atoms with Crippen LogP contribution >= 0.6 is 47.1 Å². The van der Waals surface area contributed by atoms with E-state index in [0.29, 0.717) is 5.92 Å². The number of hydrogen-bond acceptors (Lipinski definition) is 5. The normalized spacial score (nSPS) is 17.4. The standard InChI is InChI=1S/C17H26N6S2.HI/c1-3-18-16(19-6-4-9-24-17-20-7-10-25-17)23-8-5-14(13-23)15-11-21-22(2)12-15;/h7,10-12,14H,3-6,8-9,13H2,1-2H3,(H,18,19);1H. The number of rotatable bonds is 7. The highest BCUT2D eigenvalue weighted by Gasteiger charge is 2.26. The van der Waals surface area contributed by atoms with Crippen molar-refractivity contribution in [3.63, 3.8) is 0 Å². The number of thiazole rings is 1. The molecule has 2 aromatic heterocycles. The monoisotopic (exact) mass is 506 g/mol. The molecule has 1 aliphatic rings. The van der Waals surface area contributed by atoms with Gasteiger partial charge in [0.05, 0.1) is 6.20 Å². The molecule has 0 aromatic carbocycles. The van der Waals surface area contributed by atoms with Crippen LogP contribution in [0.4, 0.5) is 0 Å². The number of guanidine groups is 1. The first-order valence-corrected chi connectivity index (χ1v) is 10.7. The van der Waals surface area contributed by atoms with E-state index < -0.39 is 0 Å². The van der Waals surface area contributed by atoms with Crippen LogP contribution in [0.2, 0.25) is 0 Å². The topological polar surface area (TPSA) is 58.3 Å². The Morgan fingerprint density at radius 1 is 1.50 bits per heavy atom. The number of nitrogens with one attached hydrogen (secondary N) is 1. The van der Waals surface area contributed by atoms with Gasteiger partial charge in [-0.15, -0.1) is 35.3 Å². The van der Waals surface area contributed by atoms with Crippen molar-refractivity contribution in [2.24, 2.45) is 12.0 Å². The van der Waals surface area contributed by atoms with Gasteiger partial charge in [-0.1, -0.05) is 11.8 Å². The molecule has 1 unspecified atom stereocenters. The molecule has 0 radical (unpaired) electrons. The molecule has 6 nitrogen and oxygen atoms in total. The quantitative estimate of drug-likeness (QED) is 0.205. The molecule has 144 valence electrons. The van der Waals surface area contributed by atoms with E-state index in [9.17, 15) is 0 Å². The number of likely N-dealkylation sites (tertiary alicyclic amines) is 1. The second-order valence-corrected chi connectivity index (χ2v) is 8.35. The van der Waals surface area contributed by atoms with Crippen molar-refractivity contribution < 1.29 is 0 Å². The largest absolute Gasteiger partial charge is 0.357 e. The Bertz CT molecular complexity index is 673. The van der Waals surface area contributed by atoms with E-state index in [1.807, 2.05) is 41.3 Å². The summed E-state index contributed by atoms with van der Waals surface area (Å²) < 4.78 is 3.03. The molecule has 3 rings (SSSR count). The minimum atomic E-state index is 0. The Morgan fingerprint density at radius 2 is 2.38 bits per heavy atom. The average Bonchev–Trinajstić information content (AvgIpc) is 3.35. The number of hydrogen-bond donors (Lipinski definition) is 1. The van der Waals surface area contributed by atoms with E-state index in [4.69, 9.17) is 4.99 Å². The van der Waals surface area contributed by atoms with Crippen LogP contribution in [-0.2, 0) is 7.05 Å². The predicted octanol–water partition coefficient (Wildman–Crippen LogP) is 3.43. The van der Waals surface area contributed by atoms with Crippen molar-refractivity contribution in [2.45, 2.75) is 30.0 Å². The third-order valence-corrected chi connectivity index (χ3v) is 6.27. The summed E-state index contributed by atoms with van der Waals surface area (Å²) in [5.74, 6) is 2.67. The first-order chi connectivity index (χ1) is 12.3. The summed E-state index contributed by atoms with van der Waals surface area (Å²) in [6.07, 6.45) is 8.22. The molecule has 1 atom stereocenters. The summed E-state index contributed by atoms with van der Waals surface area (Å²) in [7, 11) is 1.98. The van der Waals surface area contributed by atoms with E-state index in [1.165, 1.54) is 5.56 Å². The van der Waals surface area contributed by atoms with E-state index in [-0.39, 0.29) is 24.0 Å². The lowest BCUT2D eigenvalue weighted by Gasteiger charge is -2.21. The Balaban J connectivity index is 0.00000243. The number of halogens is 1. The number of thioether (sulfide) groups is 1. The van der Waals surface area contributed by atoms with Gasteiger partial charge in [0, 0.05) is 62.7 Å². The fourth-order valence-electron chi connectivity index (χ4n) is 2.99. The van der Waals surface area contributed by atoms with E-state index >= 15 is 0 Å². The van der Waals surface area contributed by atoms with Gasteiger partial charge in [0.25, 0.3) is 0 Å². The maximum absolute atomic E-state index is 4.83. The number of nitrogens with zero attached hydrogens (tertiary/aromatic N) is 5. The Morgan fingerprint density at radius 3 is 3.08 bits per heavy atom. The van der Waals surface area contributed by atoms with E-state index in [2.05, 4.69) is 33.4 Å². The SMILES string of the molecule is CCNC(=NCCCSc1nccs1)N1CCC(c2cnn(C)c2)C1.I. The smallest absolute Gasteiger partial charge is 0.193 e. The fraction of sp³-hybridized carbons (Fsp3) is 0.588. The van der Waals surface area contributed by atoms with Crippen molar-refractivity contribution in [2.75, 3.05) is 31.9 Å². The number of aliphatic imine (C=N–C) groups is 1. The van der Waals surface area contributed by atoms with E-state index in [1.54, 1.807) is 11.3 Å². The molecule has 0 amide bonds. The second kappa shape index (κ2) is 11.1. The third kappa shape index (κ3) is 6.12. The van der Waals surface area contributed by atoms with Crippen molar-refractivity contribution in [3.8, 4) is 0 Å². The average molecular weight is 506 g/mol. The van der Waals surface area contributed by atoms with Gasteiger partial charge in [-0.05, 0) is 25.3 Å². The zero-order chi connectivity index (χ0) is 17.5. The molecule has 26 heavy (non-hydrogen) atoms. The van der Waals surface area contributed by atoms with Gasteiger partial charge in [-0.3, -0.25) is 9.67 Å². The zero-order valence-electron chi connectivity index (χ0n) is 15.3. The van der Waals surface area contributed by atoms with Crippen LogP contribution in [0.1, 0.15) is 31.2 Å². The summed E-state index contributed by atoms with van der Waals surface area (Å²) >= 11 is 3.52. The molecular weight excluding hydrogens is 479 g/mol. The lowest BCUT2D eigenvalue weighted by atomic mass is 10.0. The highest BCUT2D eigenvalue weighted by Crippen LogP contribution is 2.26. The number of aryl methyl sites for hydroxylation is 1. The molecule has 1 N–H and O–H groups in total. The highest BCUT2D eigenvalue weighted by molar-refractivity contribution is 14.0. The minimum absolute atomic E-state index is 0. The highest BCUT2D eigenvalue weighted by atomic mass is 127. The van der Waals surface area contributed by atoms with Crippen molar-refractivity contribution in [1.29, 1.82) is 0 Å². The van der Waals surface area contributed by atoms with Gasteiger partial charge in [0.15, 0.2) is 5.96 Å². The lowest BCUT2D eigenvalue weighted by molar-refractivity contribution is 0.486. The molecule has 0 saturated carbocycles. The van der Waals surface area contributed by atoms with Crippen molar-refractivity contribution in [3.05, 3.63) is 29.5 Å². The van der Waals surface area contributed by atoms with Gasteiger partial charge in [-0.2, -0.15) is 5.10 Å². The Labute approximate surface area is 180 Å². The van der Waals surface area contributed by atoms with Crippen molar-refractivity contribution in [1.82, 2.24) is 25.0 Å². The molecule has 1 aliphatic heterocycles. The Hall–Kier alpha value is -0.810. The summed E-state index contributed by atoms with van der Waals surface area (Å²) in [5, 5.41) is 9.77. The van der Waals surface area contributed by atoms with Crippen LogP contribution in [0, 0.1) is 0 Å². The summed E-state index contributed by atoms with van der Waals surface area (Å²) in [6.45, 7) is 5.96. The molecule has 0 spiro atoms. The molecule has 1 saturated heterocycles. The van der Waals surface area contributed by atoms with Crippen LogP contribution in [0.25, 0.3) is 0 Å². The predicted molar refractivity (Wildman–Crippen MR) is 121 cm³/mol. The van der Waals surface area contributed by atoms with Gasteiger partial charge >= 0.3 is 0 Å². The molecule has 0 bridgehead atoms.